The maximum Gasteiger partial charge on any atom is 0.277 e. The maximum atomic E-state index is 11.3. The predicted molar refractivity (Wildman–Crippen MR) is 47.7 cm³/mol. The van der Waals surface area contributed by atoms with Crippen LogP contribution in [0.1, 0.15) is 11.4 Å². The Morgan fingerprint density at radius 1 is 1.46 bits per heavy atom. The number of nitrogens with one attached hydrogen (secondary N) is 1. The average molecular weight is 177 g/mol. The van der Waals surface area contributed by atoms with Crippen LogP contribution in [0.25, 0.3) is 0 Å². The monoisotopic (exact) mass is 177 g/mol. The summed E-state index contributed by atoms with van der Waals surface area (Å²) in [6.45, 7) is 1.57. The Labute approximate surface area is 73.2 Å². The summed E-state index contributed by atoms with van der Waals surface area (Å²) in [5, 5.41) is 0. The van der Waals surface area contributed by atoms with Crippen molar-refractivity contribution in [1.29, 1.82) is 0 Å². The van der Waals surface area contributed by atoms with Crippen molar-refractivity contribution in [2.24, 2.45) is 4.99 Å². The molecule has 0 atom stereocenters. The Kier molecular flexibility index (Phi) is 1.58. The fraction of sp³-hybridized carbons (Fsp3) is 0.250. The maximum absolute atomic E-state index is 11.3. The molecule has 0 spiro atoms. The number of hydrogen-bond donors (Lipinski definition) is 1. The molecule has 13 heavy (non-hydrogen) atoms. The lowest BCUT2D eigenvalue weighted by Crippen LogP contribution is -2.09. The molecule has 1 aromatic rings. The van der Waals surface area contributed by atoms with E-state index in [0.717, 1.165) is 0 Å². The molecule has 0 saturated heterocycles. The second-order valence-electron chi connectivity index (χ2n) is 2.80. The number of nitrogens with zero attached hydrogens (tertiary/aromatic N) is 2. The molecule has 5 heteroatoms. The second kappa shape index (κ2) is 2.62. The zero-order chi connectivity index (χ0) is 9.42. The number of fused-ring (bicyclic) bond motifs is 1. The Morgan fingerprint density at radius 3 is 3.00 bits per heavy atom. The summed E-state index contributed by atoms with van der Waals surface area (Å²) >= 11 is 0. The molecule has 1 aromatic heterocycles. The SMILES string of the molecule is Cc1nc(=O)c2c(c(=O)[nH]1)N=CC2. The van der Waals surface area contributed by atoms with Crippen molar-refractivity contribution in [3.63, 3.8) is 0 Å². The van der Waals surface area contributed by atoms with Crippen LogP contribution in [0.4, 0.5) is 5.69 Å². The quantitative estimate of drug-likeness (QED) is 0.591. The largest absolute Gasteiger partial charge is 0.309 e. The molecule has 5 nitrogen and oxygen atoms in total. The summed E-state index contributed by atoms with van der Waals surface area (Å²) in [5.41, 5.74) is -0.140. The minimum Gasteiger partial charge on any atom is -0.309 e. The molecule has 0 radical (unpaired) electrons. The number of H-pyrrole nitrogens is 1. The van der Waals surface area contributed by atoms with Crippen LogP contribution in [0, 0.1) is 6.92 Å². The van der Waals surface area contributed by atoms with Crippen LogP contribution in [0.2, 0.25) is 0 Å². The average Bonchev–Trinajstić information content (AvgIpc) is 2.47. The van der Waals surface area contributed by atoms with Gasteiger partial charge in [0.1, 0.15) is 11.5 Å². The van der Waals surface area contributed by atoms with Crippen LogP contribution in [0.3, 0.4) is 0 Å². The van der Waals surface area contributed by atoms with Gasteiger partial charge in [-0.3, -0.25) is 14.6 Å². The molecule has 0 saturated carbocycles. The lowest BCUT2D eigenvalue weighted by molar-refractivity contribution is 1.03. The number of aromatic amines is 1. The first kappa shape index (κ1) is 7.85. The van der Waals surface area contributed by atoms with E-state index in [4.69, 9.17) is 0 Å². The van der Waals surface area contributed by atoms with Gasteiger partial charge in [0, 0.05) is 12.6 Å². The van der Waals surface area contributed by atoms with Gasteiger partial charge in [-0.25, -0.2) is 0 Å². The molecular formula is C8H7N3O2. The second-order valence-corrected chi connectivity index (χ2v) is 2.80. The van der Waals surface area contributed by atoms with Crippen LogP contribution < -0.4 is 11.1 Å². The van der Waals surface area contributed by atoms with E-state index >= 15 is 0 Å². The van der Waals surface area contributed by atoms with Crippen LogP contribution in [0.5, 0.6) is 0 Å². The fourth-order valence-electron chi connectivity index (χ4n) is 1.26. The van der Waals surface area contributed by atoms with Crippen LogP contribution in [0.15, 0.2) is 14.6 Å². The normalized spacial score (nSPS) is 13.0. The van der Waals surface area contributed by atoms with Gasteiger partial charge in [0.25, 0.3) is 11.1 Å². The minimum atomic E-state index is -0.372. The molecule has 1 N–H and O–H groups in total. The van der Waals surface area contributed by atoms with Crippen molar-refractivity contribution in [3.8, 4) is 0 Å². The van der Waals surface area contributed by atoms with E-state index in [1.165, 1.54) is 0 Å². The number of rotatable bonds is 0. The number of hydrogen-bond acceptors (Lipinski definition) is 4. The van der Waals surface area contributed by atoms with Crippen LogP contribution >= 0.6 is 0 Å². The van der Waals surface area contributed by atoms with Gasteiger partial charge in [0.15, 0.2) is 0 Å². The summed E-state index contributed by atoms with van der Waals surface area (Å²) in [6, 6.07) is 0. The van der Waals surface area contributed by atoms with Gasteiger partial charge in [-0.05, 0) is 6.92 Å². The third-order valence-corrected chi connectivity index (χ3v) is 1.84. The van der Waals surface area contributed by atoms with Crippen molar-refractivity contribution >= 4 is 11.9 Å². The molecule has 0 unspecified atom stereocenters. The predicted octanol–water partition coefficient (Wildman–Crippen LogP) is -0.303. The highest BCUT2D eigenvalue weighted by Gasteiger charge is 2.13. The molecule has 66 valence electrons. The van der Waals surface area contributed by atoms with Crippen molar-refractivity contribution in [2.75, 3.05) is 0 Å². The molecule has 0 bridgehead atoms. The first-order valence-corrected chi connectivity index (χ1v) is 3.85. The third-order valence-electron chi connectivity index (χ3n) is 1.84. The lowest BCUT2D eigenvalue weighted by atomic mass is 10.2. The van der Waals surface area contributed by atoms with E-state index < -0.39 is 0 Å². The van der Waals surface area contributed by atoms with Crippen molar-refractivity contribution in [2.45, 2.75) is 13.3 Å². The zero-order valence-electron chi connectivity index (χ0n) is 7.00. The van der Waals surface area contributed by atoms with E-state index in [2.05, 4.69) is 15.0 Å². The van der Waals surface area contributed by atoms with Gasteiger partial charge in [-0.15, -0.1) is 0 Å². The van der Waals surface area contributed by atoms with Crippen molar-refractivity contribution < 1.29 is 0 Å². The molecule has 1 aliphatic heterocycles. The smallest absolute Gasteiger partial charge is 0.277 e. The van der Waals surface area contributed by atoms with Gasteiger partial charge < -0.3 is 4.98 Å². The Bertz CT molecular complexity index is 502. The lowest BCUT2D eigenvalue weighted by Gasteiger charge is -1.81. The summed E-state index contributed by atoms with van der Waals surface area (Å²) in [6.07, 6.45) is 1.94. The van der Waals surface area contributed by atoms with Crippen LogP contribution in [-0.4, -0.2) is 16.2 Å². The standard InChI is InChI=1S/C8H7N3O2/c1-4-10-7(12)5-2-3-9-6(5)8(13)11-4/h3H,2H2,1H3,(H,10,11,12,13). The Hall–Kier alpha value is -1.78. The van der Waals surface area contributed by atoms with E-state index in [1.54, 1.807) is 13.1 Å². The van der Waals surface area contributed by atoms with Crippen molar-refractivity contribution in [3.05, 3.63) is 32.1 Å². The molecule has 0 aliphatic carbocycles. The summed E-state index contributed by atoms with van der Waals surface area (Å²) in [5.74, 6) is 0.319. The molecule has 0 fully saturated rings. The molecular weight excluding hydrogens is 170 g/mol. The zero-order valence-corrected chi connectivity index (χ0v) is 7.00. The van der Waals surface area contributed by atoms with Crippen molar-refractivity contribution in [1.82, 2.24) is 9.97 Å². The number of aliphatic imine (C=N–C) groups is 1. The topological polar surface area (TPSA) is 75.2 Å². The van der Waals surface area contributed by atoms with E-state index in [-0.39, 0.29) is 16.8 Å². The van der Waals surface area contributed by atoms with E-state index in [0.29, 0.717) is 17.8 Å². The summed E-state index contributed by atoms with van der Waals surface area (Å²) in [4.78, 5) is 32.6. The van der Waals surface area contributed by atoms with Gasteiger partial charge in [0.05, 0.1) is 5.56 Å². The summed E-state index contributed by atoms with van der Waals surface area (Å²) in [7, 11) is 0. The highest BCUT2D eigenvalue weighted by Crippen LogP contribution is 2.12. The highest BCUT2D eigenvalue weighted by atomic mass is 16.1. The van der Waals surface area contributed by atoms with Gasteiger partial charge in [0.2, 0.25) is 0 Å². The fourth-order valence-corrected chi connectivity index (χ4v) is 1.26. The number of aryl methyl sites for hydroxylation is 1. The molecule has 2 heterocycles. The molecule has 1 aliphatic rings. The highest BCUT2D eigenvalue weighted by molar-refractivity contribution is 5.74. The molecule has 0 aromatic carbocycles. The molecule has 0 amide bonds. The number of aromatic nitrogens is 2. The summed E-state index contributed by atoms with van der Waals surface area (Å²) < 4.78 is 0. The Balaban J connectivity index is 2.97. The van der Waals surface area contributed by atoms with Gasteiger partial charge >= 0.3 is 0 Å². The van der Waals surface area contributed by atoms with E-state index in [1.807, 2.05) is 0 Å². The van der Waals surface area contributed by atoms with Gasteiger partial charge in [-0.2, -0.15) is 4.98 Å². The Morgan fingerprint density at radius 2 is 2.23 bits per heavy atom. The van der Waals surface area contributed by atoms with E-state index in [9.17, 15) is 9.59 Å². The van der Waals surface area contributed by atoms with Gasteiger partial charge in [-0.1, -0.05) is 0 Å². The minimum absolute atomic E-state index is 0.200. The molecule has 2 rings (SSSR count). The van der Waals surface area contributed by atoms with Crippen LogP contribution in [-0.2, 0) is 6.42 Å². The first-order chi connectivity index (χ1) is 6.18. The third kappa shape index (κ3) is 1.18. The first-order valence-electron chi connectivity index (χ1n) is 3.85.